The molecule has 6 heteroatoms. The molecule has 2 aromatic rings. The summed E-state index contributed by atoms with van der Waals surface area (Å²) >= 11 is 0. The van der Waals surface area contributed by atoms with Gasteiger partial charge in [-0.1, -0.05) is 18.2 Å². The van der Waals surface area contributed by atoms with Crippen molar-refractivity contribution in [3.05, 3.63) is 47.8 Å². The third-order valence-corrected chi connectivity index (χ3v) is 2.61. The largest absolute Gasteiger partial charge is 0.477 e. The molecule has 0 fully saturated rings. The van der Waals surface area contributed by atoms with Gasteiger partial charge in [-0.3, -0.25) is 4.68 Å². The van der Waals surface area contributed by atoms with Crippen LogP contribution in [-0.2, 0) is 0 Å². The lowest BCUT2D eigenvalue weighted by Gasteiger charge is -2.07. The first kappa shape index (κ1) is 13.8. The number of ether oxygens (including phenoxy) is 1. The Morgan fingerprint density at radius 2 is 1.90 bits per heavy atom. The van der Waals surface area contributed by atoms with E-state index in [0.717, 1.165) is 0 Å². The SMILES string of the molecule is CC(C)n1nc(C(=O)Oc2ccccc2)cc1C(=O)O. The number of hydrogen-bond donors (Lipinski definition) is 1. The molecule has 20 heavy (non-hydrogen) atoms. The van der Waals surface area contributed by atoms with Crippen LogP contribution in [0.5, 0.6) is 5.75 Å². The number of carbonyl (C=O) groups excluding carboxylic acids is 1. The number of carboxylic acid groups (broad SMARTS) is 1. The van der Waals surface area contributed by atoms with Gasteiger partial charge in [0.2, 0.25) is 0 Å². The number of carbonyl (C=O) groups is 2. The fraction of sp³-hybridized carbons (Fsp3) is 0.214. The van der Waals surface area contributed by atoms with Crippen LogP contribution >= 0.6 is 0 Å². The number of nitrogens with zero attached hydrogens (tertiary/aromatic N) is 2. The van der Waals surface area contributed by atoms with Crippen LogP contribution in [0.15, 0.2) is 36.4 Å². The summed E-state index contributed by atoms with van der Waals surface area (Å²) in [6, 6.07) is 9.58. The van der Waals surface area contributed by atoms with E-state index in [1.165, 1.54) is 10.7 Å². The van der Waals surface area contributed by atoms with E-state index in [0.29, 0.717) is 5.75 Å². The molecule has 0 radical (unpaired) electrons. The molecule has 1 aromatic carbocycles. The number of rotatable bonds is 4. The second-order valence-electron chi connectivity index (χ2n) is 4.46. The normalized spacial score (nSPS) is 10.6. The zero-order chi connectivity index (χ0) is 14.7. The number of aromatic carboxylic acids is 1. The molecule has 1 N–H and O–H groups in total. The molecule has 0 spiro atoms. The molecule has 0 aliphatic heterocycles. The van der Waals surface area contributed by atoms with E-state index in [-0.39, 0.29) is 17.4 Å². The molecule has 2 rings (SSSR count). The van der Waals surface area contributed by atoms with Crippen LogP contribution in [0.25, 0.3) is 0 Å². The molecule has 0 aliphatic carbocycles. The topological polar surface area (TPSA) is 81.4 Å². The van der Waals surface area contributed by atoms with Gasteiger partial charge in [-0.25, -0.2) is 9.59 Å². The Labute approximate surface area is 115 Å². The third-order valence-electron chi connectivity index (χ3n) is 2.61. The van der Waals surface area contributed by atoms with E-state index < -0.39 is 11.9 Å². The fourth-order valence-corrected chi connectivity index (χ4v) is 1.70. The molecule has 0 saturated heterocycles. The zero-order valence-corrected chi connectivity index (χ0v) is 11.1. The smallest absolute Gasteiger partial charge is 0.364 e. The van der Waals surface area contributed by atoms with Crippen molar-refractivity contribution in [1.82, 2.24) is 9.78 Å². The van der Waals surface area contributed by atoms with Gasteiger partial charge in [-0.2, -0.15) is 5.10 Å². The molecule has 0 bridgehead atoms. The fourth-order valence-electron chi connectivity index (χ4n) is 1.70. The van der Waals surface area contributed by atoms with Gasteiger partial charge in [0.15, 0.2) is 5.69 Å². The number of aromatic nitrogens is 2. The van der Waals surface area contributed by atoms with Crippen LogP contribution in [0.2, 0.25) is 0 Å². The number of hydrogen-bond acceptors (Lipinski definition) is 4. The Balaban J connectivity index is 2.27. The number of para-hydroxylation sites is 1. The van der Waals surface area contributed by atoms with Crippen LogP contribution in [0.4, 0.5) is 0 Å². The van der Waals surface area contributed by atoms with Crippen LogP contribution in [0.3, 0.4) is 0 Å². The average Bonchev–Trinajstić information content (AvgIpc) is 2.85. The number of carboxylic acids is 1. The van der Waals surface area contributed by atoms with Crippen molar-refractivity contribution in [2.45, 2.75) is 19.9 Å². The number of benzene rings is 1. The molecular weight excluding hydrogens is 260 g/mol. The van der Waals surface area contributed by atoms with Gasteiger partial charge in [0.05, 0.1) is 0 Å². The maximum Gasteiger partial charge on any atom is 0.364 e. The Morgan fingerprint density at radius 1 is 1.25 bits per heavy atom. The van der Waals surface area contributed by atoms with Crippen LogP contribution in [0.1, 0.15) is 40.9 Å². The monoisotopic (exact) mass is 274 g/mol. The van der Waals surface area contributed by atoms with Crippen LogP contribution < -0.4 is 4.74 Å². The van der Waals surface area contributed by atoms with E-state index in [9.17, 15) is 9.59 Å². The highest BCUT2D eigenvalue weighted by Crippen LogP contribution is 2.15. The molecule has 104 valence electrons. The first-order valence-electron chi connectivity index (χ1n) is 6.09. The minimum Gasteiger partial charge on any atom is -0.477 e. The van der Waals surface area contributed by atoms with Gasteiger partial charge in [0.25, 0.3) is 0 Å². The first-order valence-corrected chi connectivity index (χ1v) is 6.09. The summed E-state index contributed by atoms with van der Waals surface area (Å²) in [6.45, 7) is 3.57. The summed E-state index contributed by atoms with van der Waals surface area (Å²) in [6.07, 6.45) is 0. The van der Waals surface area contributed by atoms with Crippen molar-refractivity contribution in [3.8, 4) is 5.75 Å². The van der Waals surface area contributed by atoms with Gasteiger partial charge < -0.3 is 9.84 Å². The van der Waals surface area contributed by atoms with Crippen molar-refractivity contribution in [1.29, 1.82) is 0 Å². The number of esters is 1. The summed E-state index contributed by atoms with van der Waals surface area (Å²) in [7, 11) is 0. The Bertz CT molecular complexity index is 632. The van der Waals surface area contributed by atoms with Gasteiger partial charge in [-0.15, -0.1) is 0 Å². The molecule has 0 atom stereocenters. The zero-order valence-electron chi connectivity index (χ0n) is 11.1. The molecular formula is C14H14N2O4. The Hall–Kier alpha value is -2.63. The summed E-state index contributed by atoms with van der Waals surface area (Å²) in [5.41, 5.74) is -0.0695. The summed E-state index contributed by atoms with van der Waals surface area (Å²) in [4.78, 5) is 23.0. The molecule has 0 aliphatic rings. The lowest BCUT2D eigenvalue weighted by molar-refractivity contribution is 0.0679. The highest BCUT2D eigenvalue weighted by molar-refractivity contribution is 5.93. The standard InChI is InChI=1S/C14H14N2O4/c1-9(2)16-12(13(17)18)8-11(15-16)14(19)20-10-6-4-3-5-7-10/h3-9H,1-2H3,(H,17,18). The summed E-state index contributed by atoms with van der Waals surface area (Å²) < 4.78 is 6.40. The van der Waals surface area contributed by atoms with Crippen LogP contribution in [-0.4, -0.2) is 26.8 Å². The van der Waals surface area contributed by atoms with Gasteiger partial charge in [0, 0.05) is 12.1 Å². The van der Waals surface area contributed by atoms with Crippen molar-refractivity contribution in [2.75, 3.05) is 0 Å². The molecule has 1 heterocycles. The Morgan fingerprint density at radius 3 is 2.40 bits per heavy atom. The lowest BCUT2D eigenvalue weighted by Crippen LogP contribution is -2.13. The van der Waals surface area contributed by atoms with Crippen molar-refractivity contribution in [3.63, 3.8) is 0 Å². The van der Waals surface area contributed by atoms with Gasteiger partial charge >= 0.3 is 11.9 Å². The molecule has 0 saturated carbocycles. The molecule has 1 aromatic heterocycles. The van der Waals surface area contributed by atoms with Gasteiger partial charge in [0.1, 0.15) is 11.4 Å². The minimum atomic E-state index is -1.13. The third kappa shape index (κ3) is 2.85. The summed E-state index contributed by atoms with van der Waals surface area (Å²) in [5.74, 6) is -1.43. The molecule has 0 unspecified atom stereocenters. The van der Waals surface area contributed by atoms with Crippen molar-refractivity contribution < 1.29 is 19.4 Å². The van der Waals surface area contributed by atoms with E-state index in [2.05, 4.69) is 5.10 Å². The highest BCUT2D eigenvalue weighted by Gasteiger charge is 2.21. The highest BCUT2D eigenvalue weighted by atomic mass is 16.5. The predicted octanol–water partition coefficient (Wildman–Crippen LogP) is 2.38. The quantitative estimate of drug-likeness (QED) is 0.683. The maximum atomic E-state index is 11.9. The second-order valence-corrected chi connectivity index (χ2v) is 4.46. The molecule has 0 amide bonds. The van der Waals surface area contributed by atoms with Crippen LogP contribution in [0, 0.1) is 0 Å². The minimum absolute atomic E-state index is 0.0278. The van der Waals surface area contributed by atoms with Crippen molar-refractivity contribution >= 4 is 11.9 Å². The Kier molecular flexibility index (Phi) is 3.84. The van der Waals surface area contributed by atoms with Gasteiger partial charge in [-0.05, 0) is 26.0 Å². The predicted molar refractivity (Wildman–Crippen MR) is 71.0 cm³/mol. The average molecular weight is 274 g/mol. The van der Waals surface area contributed by atoms with E-state index in [4.69, 9.17) is 9.84 Å². The van der Waals surface area contributed by atoms with E-state index >= 15 is 0 Å². The lowest BCUT2D eigenvalue weighted by atomic mass is 10.3. The van der Waals surface area contributed by atoms with E-state index in [1.807, 2.05) is 0 Å². The maximum absolute atomic E-state index is 11.9. The van der Waals surface area contributed by atoms with Crippen molar-refractivity contribution in [2.24, 2.45) is 0 Å². The molecule has 6 nitrogen and oxygen atoms in total. The summed E-state index contributed by atoms with van der Waals surface area (Å²) in [5, 5.41) is 13.1. The van der Waals surface area contributed by atoms with E-state index in [1.54, 1.807) is 44.2 Å². The second kappa shape index (κ2) is 5.56. The first-order chi connectivity index (χ1) is 9.49.